The Morgan fingerprint density at radius 1 is 0.478 bits per heavy atom. The number of hydrogen-bond acceptors (Lipinski definition) is 1. The van der Waals surface area contributed by atoms with E-state index < -0.39 is 0 Å². The van der Waals surface area contributed by atoms with Crippen LogP contribution in [0.25, 0.3) is 54.3 Å². The van der Waals surface area contributed by atoms with Crippen LogP contribution in [0.5, 0.6) is 0 Å². The molecule has 5 aromatic carbocycles. The summed E-state index contributed by atoms with van der Waals surface area (Å²) in [6.45, 7) is 0. The maximum Gasteiger partial charge on any atom is 0.138 e. The molecule has 0 saturated carbocycles. The molecule has 0 unspecified atom stereocenters. The lowest BCUT2D eigenvalue weighted by Gasteiger charge is -2.10. The van der Waals surface area contributed by atoms with Crippen molar-refractivity contribution in [3.8, 4) is 0 Å². The smallest absolute Gasteiger partial charge is 0.138 e. The SMILES string of the molecule is c1ccc2cc3cc4cc5c(cc6cc5o6)cc4cc3cc2c1. The second-order valence-corrected chi connectivity index (χ2v) is 6.34. The average molecular weight is 292 g/mol. The fourth-order valence-corrected chi connectivity index (χ4v) is 3.71. The molecule has 0 amide bonds. The van der Waals surface area contributed by atoms with Crippen LogP contribution in [0.3, 0.4) is 0 Å². The summed E-state index contributed by atoms with van der Waals surface area (Å²) in [7, 11) is 0. The first-order valence-corrected chi connectivity index (χ1v) is 7.85. The minimum atomic E-state index is 0.971. The molecule has 0 atom stereocenters. The van der Waals surface area contributed by atoms with Crippen LogP contribution in [0, 0.1) is 0 Å². The Bertz CT molecular complexity index is 1340. The van der Waals surface area contributed by atoms with Gasteiger partial charge in [-0.1, -0.05) is 24.3 Å². The molecule has 23 heavy (non-hydrogen) atoms. The first kappa shape index (κ1) is 11.5. The van der Waals surface area contributed by atoms with E-state index in [1.54, 1.807) is 0 Å². The van der Waals surface area contributed by atoms with Crippen molar-refractivity contribution in [2.45, 2.75) is 0 Å². The van der Waals surface area contributed by atoms with Crippen LogP contribution in [0.1, 0.15) is 0 Å². The van der Waals surface area contributed by atoms with Gasteiger partial charge in [-0.25, -0.2) is 0 Å². The molecular formula is C22H12O. The minimum absolute atomic E-state index is 0.971. The van der Waals surface area contributed by atoms with E-state index in [4.69, 9.17) is 4.42 Å². The summed E-state index contributed by atoms with van der Waals surface area (Å²) in [6.07, 6.45) is 0. The van der Waals surface area contributed by atoms with Crippen LogP contribution in [0.2, 0.25) is 0 Å². The lowest BCUT2D eigenvalue weighted by atomic mass is 9.97. The summed E-state index contributed by atoms with van der Waals surface area (Å²) in [5, 5.41) is 10.2. The van der Waals surface area contributed by atoms with E-state index in [9.17, 15) is 0 Å². The minimum Gasteiger partial charge on any atom is -0.456 e. The molecule has 2 heterocycles. The average Bonchev–Trinajstić information content (AvgIpc) is 2.54. The highest BCUT2D eigenvalue weighted by molar-refractivity contribution is 6.11. The highest BCUT2D eigenvalue weighted by atomic mass is 16.3. The first-order valence-electron chi connectivity index (χ1n) is 7.85. The van der Waals surface area contributed by atoms with Crippen molar-refractivity contribution in [2.24, 2.45) is 0 Å². The first-order chi connectivity index (χ1) is 11.3. The zero-order valence-electron chi connectivity index (χ0n) is 12.3. The van der Waals surface area contributed by atoms with Gasteiger partial charge in [-0.05, 0) is 80.2 Å². The molecule has 0 fully saturated rings. The van der Waals surface area contributed by atoms with Crippen molar-refractivity contribution in [1.29, 1.82) is 0 Å². The van der Waals surface area contributed by atoms with Crippen LogP contribution in [-0.2, 0) is 0 Å². The molecule has 0 spiro atoms. The number of hydrogen-bond donors (Lipinski definition) is 0. The molecule has 1 heteroatoms. The summed E-state index contributed by atoms with van der Waals surface area (Å²) in [4.78, 5) is 0. The molecule has 0 radical (unpaired) electrons. The number of fused-ring (bicyclic) bond motifs is 3. The molecule has 0 saturated heterocycles. The molecule has 0 aliphatic heterocycles. The van der Waals surface area contributed by atoms with Crippen molar-refractivity contribution in [2.75, 3.05) is 0 Å². The van der Waals surface area contributed by atoms with Gasteiger partial charge in [-0.2, -0.15) is 0 Å². The Kier molecular flexibility index (Phi) is 1.91. The summed E-state index contributed by atoms with van der Waals surface area (Å²) >= 11 is 0. The van der Waals surface area contributed by atoms with Crippen LogP contribution in [-0.4, -0.2) is 0 Å². The zero-order chi connectivity index (χ0) is 15.0. The topological polar surface area (TPSA) is 13.1 Å². The van der Waals surface area contributed by atoms with Gasteiger partial charge in [0, 0.05) is 11.5 Å². The molecular weight excluding hydrogens is 280 g/mol. The predicted octanol–water partition coefficient (Wildman–Crippen LogP) is 6.48. The van der Waals surface area contributed by atoms with E-state index in [0.717, 1.165) is 11.2 Å². The van der Waals surface area contributed by atoms with Crippen molar-refractivity contribution in [3.63, 3.8) is 0 Å². The summed E-state index contributed by atoms with van der Waals surface area (Å²) in [6, 6.07) is 26.4. The van der Waals surface area contributed by atoms with Gasteiger partial charge in [-0.15, -0.1) is 0 Å². The quantitative estimate of drug-likeness (QED) is 0.292. The highest BCUT2D eigenvalue weighted by Crippen LogP contribution is 2.34. The molecule has 2 bridgehead atoms. The third-order valence-electron chi connectivity index (χ3n) is 4.89. The van der Waals surface area contributed by atoms with Gasteiger partial charge < -0.3 is 4.42 Å². The second kappa shape index (κ2) is 3.82. The summed E-state index contributed by atoms with van der Waals surface area (Å²) in [5.74, 6) is 0. The lowest BCUT2D eigenvalue weighted by molar-refractivity contribution is 0.632. The molecule has 7 aromatic rings. The molecule has 0 aliphatic carbocycles. The van der Waals surface area contributed by atoms with E-state index in [2.05, 4.69) is 72.8 Å². The van der Waals surface area contributed by atoms with Crippen molar-refractivity contribution in [1.82, 2.24) is 0 Å². The van der Waals surface area contributed by atoms with E-state index in [-0.39, 0.29) is 0 Å². The normalized spacial score (nSPS) is 12.3. The summed E-state index contributed by atoms with van der Waals surface area (Å²) < 4.78 is 5.62. The van der Waals surface area contributed by atoms with Crippen molar-refractivity contribution in [3.05, 3.63) is 72.8 Å². The third-order valence-corrected chi connectivity index (χ3v) is 4.89. The van der Waals surface area contributed by atoms with Gasteiger partial charge in [0.1, 0.15) is 11.2 Å². The largest absolute Gasteiger partial charge is 0.456 e. The van der Waals surface area contributed by atoms with Crippen LogP contribution in [0.15, 0.2) is 77.2 Å². The highest BCUT2D eigenvalue weighted by Gasteiger charge is 2.09. The monoisotopic (exact) mass is 292 g/mol. The zero-order valence-corrected chi connectivity index (χ0v) is 12.3. The third kappa shape index (κ3) is 1.51. The molecule has 2 aromatic heterocycles. The number of benzene rings is 5. The lowest BCUT2D eigenvalue weighted by Crippen LogP contribution is -1.84. The van der Waals surface area contributed by atoms with Gasteiger partial charge in [0.15, 0.2) is 0 Å². The van der Waals surface area contributed by atoms with Crippen LogP contribution >= 0.6 is 0 Å². The van der Waals surface area contributed by atoms with Crippen molar-refractivity contribution >= 4 is 54.3 Å². The van der Waals surface area contributed by atoms with E-state index in [1.165, 1.54) is 43.1 Å². The molecule has 7 rings (SSSR count). The fraction of sp³-hybridized carbons (Fsp3) is 0. The predicted molar refractivity (Wildman–Crippen MR) is 97.4 cm³/mol. The molecule has 0 N–H and O–H groups in total. The Hall–Kier alpha value is -3.06. The van der Waals surface area contributed by atoms with Gasteiger partial charge >= 0.3 is 0 Å². The second-order valence-electron chi connectivity index (χ2n) is 6.34. The Morgan fingerprint density at radius 2 is 1.00 bits per heavy atom. The maximum absolute atomic E-state index is 5.62. The van der Waals surface area contributed by atoms with Crippen molar-refractivity contribution < 1.29 is 4.42 Å². The molecule has 106 valence electrons. The fourth-order valence-electron chi connectivity index (χ4n) is 3.71. The van der Waals surface area contributed by atoms with Crippen LogP contribution < -0.4 is 0 Å². The van der Waals surface area contributed by atoms with E-state index in [1.807, 2.05) is 0 Å². The summed E-state index contributed by atoms with van der Waals surface area (Å²) in [5.41, 5.74) is 1.97. The van der Waals surface area contributed by atoms with Gasteiger partial charge in [-0.3, -0.25) is 0 Å². The van der Waals surface area contributed by atoms with Gasteiger partial charge in [0.05, 0.1) is 0 Å². The Morgan fingerprint density at radius 3 is 1.65 bits per heavy atom. The van der Waals surface area contributed by atoms with Crippen LogP contribution in [0.4, 0.5) is 0 Å². The number of rotatable bonds is 0. The molecule has 0 aliphatic rings. The van der Waals surface area contributed by atoms with Gasteiger partial charge in [0.25, 0.3) is 0 Å². The maximum atomic E-state index is 5.62. The van der Waals surface area contributed by atoms with E-state index in [0.29, 0.717) is 0 Å². The Balaban J connectivity index is 1.78. The van der Waals surface area contributed by atoms with E-state index >= 15 is 0 Å². The standard InChI is InChI=1S/C22H12O/c1-2-4-14-6-16-8-18-11-21-19(10-20-12-22(21)23-20)9-17(18)7-15(16)5-13(14)3-1/h1-12H. The Labute approximate surface area is 132 Å². The molecule has 1 nitrogen and oxygen atoms in total. The van der Waals surface area contributed by atoms with Gasteiger partial charge in [0.2, 0.25) is 0 Å².